The summed E-state index contributed by atoms with van der Waals surface area (Å²) in [6.07, 6.45) is -45.6. The molecular weight excluding hydrogens is 1380 g/mol. The van der Waals surface area contributed by atoms with Crippen molar-refractivity contribution < 1.29 is 190 Å². The monoisotopic (exact) mass is 1460 g/mol. The largest absolute Gasteiger partial charge is 0.397 e. The molecule has 45 nitrogen and oxygen atoms in total. The maximum absolute atomic E-state index is 11.8. The summed E-state index contributed by atoms with van der Waals surface area (Å²) < 4.78 is 240. The quantitative estimate of drug-likeness (QED) is 0.0340. The number of ether oxygens (including phenoxy) is 16. The highest BCUT2D eigenvalue weighted by atomic mass is 32.3. The van der Waals surface area contributed by atoms with E-state index in [0.717, 1.165) is 0 Å². The van der Waals surface area contributed by atoms with Gasteiger partial charge in [0, 0.05) is 32.8 Å². The summed E-state index contributed by atoms with van der Waals surface area (Å²) >= 11 is 0. The third kappa shape index (κ3) is 21.2. The maximum atomic E-state index is 11.8. The zero-order valence-corrected chi connectivity index (χ0v) is 52.4. The molecule has 0 aliphatic carbocycles. The molecule has 8 saturated heterocycles. The summed E-state index contributed by atoms with van der Waals surface area (Å²) in [5.41, 5.74) is 24.9. The number of aliphatic hydroxyl groups excluding tert-OH is 9. The van der Waals surface area contributed by atoms with Gasteiger partial charge in [0.15, 0.2) is 50.3 Å². The second-order valence-electron chi connectivity index (χ2n) is 22.8. The lowest BCUT2D eigenvalue weighted by molar-refractivity contribution is -0.350. The number of aliphatic hydroxyl groups is 9. The van der Waals surface area contributed by atoms with E-state index < -0.39 is 304 Å². The van der Waals surface area contributed by atoms with Gasteiger partial charge in [-0.15, -0.1) is 0 Å². The van der Waals surface area contributed by atoms with E-state index in [-0.39, 0.29) is 13.0 Å². The summed E-state index contributed by atoms with van der Waals surface area (Å²) in [6.45, 7) is -6.16. The van der Waals surface area contributed by atoms with E-state index in [9.17, 15) is 93.3 Å². The van der Waals surface area contributed by atoms with Crippen LogP contribution in [-0.2, 0) is 134 Å². The molecule has 0 radical (unpaired) electrons. The molecule has 8 heterocycles. The van der Waals surface area contributed by atoms with Crippen LogP contribution in [0.3, 0.4) is 0 Å². The first kappa shape index (κ1) is 78.0. The fourth-order valence-corrected chi connectivity index (χ4v) is 12.3. The standard InChI is InChI=1S/C45H80N4O41S4/c1-71-42-30(46)34(55)38(22(83-42)10-76-91(59,60)61)88-27-3-15(51)19(7-73-27)81-44-32(48)36(57)40(24(85-44)12-78-93(65,66)67)90-29-5-17(53)21(9-75-29)82-45-33(49)37(58)41(25(86-45)13-79-94(68,69)70)89-28-4-16(52)20(8-74-28)80-43-31(47)35(56)39(23(84-43)11-77-92(62,63)64)87-26-2-14(50)18(54)6-72-26/h14-45,50-58H,2-13,46-49H2,1H3,(H,59,60,61)(H,62,63,64)(H,65,66,67)(H,68,69,70)/t14-,15-,16-,17-,18+,19+,20+,21+,22?,23?,24?,25?,26-,27-,28-,29-,30?,31?,32?,33?,34+,35+,36+,37+,38+,39-,40-,41+,42-,43+,44-,45-/m0/s1. The van der Waals surface area contributed by atoms with E-state index in [1.54, 1.807) is 0 Å². The van der Waals surface area contributed by atoms with Gasteiger partial charge in [-0.3, -0.25) is 18.2 Å². The third-order valence-corrected chi connectivity index (χ3v) is 17.8. The Bertz CT molecular complexity index is 2870. The summed E-state index contributed by atoms with van der Waals surface area (Å²) in [4.78, 5) is 0. The predicted octanol–water partition coefficient (Wildman–Crippen LogP) is -12.0. The maximum Gasteiger partial charge on any atom is 0.397 e. The Morgan fingerprint density at radius 2 is 0.574 bits per heavy atom. The first-order valence-electron chi connectivity index (χ1n) is 28.7. The molecule has 8 rings (SSSR count). The molecule has 32 atom stereocenters. The van der Waals surface area contributed by atoms with E-state index in [1.807, 2.05) is 0 Å². The van der Waals surface area contributed by atoms with Crippen LogP contribution in [0.1, 0.15) is 25.7 Å². The fraction of sp³-hybridized carbons (Fsp3) is 1.00. The van der Waals surface area contributed by atoms with E-state index in [2.05, 4.69) is 16.7 Å². The second kappa shape index (κ2) is 33.0. The van der Waals surface area contributed by atoms with Crippen LogP contribution in [0.4, 0.5) is 0 Å². The van der Waals surface area contributed by atoms with E-state index in [4.69, 9.17) is 103 Å². The van der Waals surface area contributed by atoms with Crippen molar-refractivity contribution in [2.24, 2.45) is 22.9 Å². The van der Waals surface area contributed by atoms with E-state index >= 15 is 0 Å². The molecular formula is C45H80N4O41S4. The van der Waals surface area contributed by atoms with Crippen molar-refractivity contribution in [2.75, 3.05) is 60.0 Å². The molecule has 0 saturated carbocycles. The Labute approximate surface area is 535 Å². The third-order valence-electron chi connectivity index (χ3n) is 16.1. The van der Waals surface area contributed by atoms with Gasteiger partial charge in [0.05, 0.1) is 101 Å². The molecule has 8 fully saturated rings. The summed E-state index contributed by atoms with van der Waals surface area (Å²) in [6, 6.07) is -6.04. The van der Waals surface area contributed by atoms with Gasteiger partial charge in [-0.1, -0.05) is 0 Å². The van der Waals surface area contributed by atoms with Gasteiger partial charge in [0.1, 0.15) is 97.7 Å². The molecule has 0 aromatic rings. The summed E-state index contributed by atoms with van der Waals surface area (Å²) in [7, 11) is -19.4. The highest BCUT2D eigenvalue weighted by Gasteiger charge is 2.54. The highest BCUT2D eigenvalue weighted by Crippen LogP contribution is 2.36. The van der Waals surface area contributed by atoms with Gasteiger partial charge in [-0.2, -0.15) is 33.7 Å². The van der Waals surface area contributed by atoms with Crippen LogP contribution in [0.25, 0.3) is 0 Å². The van der Waals surface area contributed by atoms with Crippen molar-refractivity contribution in [1.29, 1.82) is 0 Å². The number of hydrogen-bond donors (Lipinski definition) is 17. The van der Waals surface area contributed by atoms with Crippen LogP contribution < -0.4 is 22.9 Å². The lowest BCUT2D eigenvalue weighted by atomic mass is 9.96. The number of nitrogens with two attached hydrogens (primary N) is 4. The number of methoxy groups -OCH3 is 1. The topological polar surface area (TPSA) is 688 Å². The summed E-state index contributed by atoms with van der Waals surface area (Å²) in [5.74, 6) is 0. The van der Waals surface area contributed by atoms with Crippen LogP contribution >= 0.6 is 0 Å². The minimum absolute atomic E-state index is 0.303. The van der Waals surface area contributed by atoms with Crippen LogP contribution in [0.2, 0.25) is 0 Å². The van der Waals surface area contributed by atoms with Crippen LogP contribution in [0, 0.1) is 0 Å². The number of rotatable bonds is 27. The molecule has 21 N–H and O–H groups in total. The average molecular weight is 1460 g/mol. The Morgan fingerprint density at radius 3 is 0.809 bits per heavy atom. The van der Waals surface area contributed by atoms with Crippen LogP contribution in [0.15, 0.2) is 0 Å². The first-order chi connectivity index (χ1) is 43.8. The zero-order valence-electron chi connectivity index (χ0n) is 49.1. The lowest BCUT2D eigenvalue weighted by Gasteiger charge is -2.47. The Kier molecular flexibility index (Phi) is 27.4. The Balaban J connectivity index is 0.842. The normalized spacial score (nSPS) is 45.7. The van der Waals surface area contributed by atoms with E-state index in [1.165, 1.54) is 7.11 Å². The van der Waals surface area contributed by atoms with Crippen molar-refractivity contribution in [3.8, 4) is 0 Å². The van der Waals surface area contributed by atoms with Crippen molar-refractivity contribution in [1.82, 2.24) is 0 Å². The van der Waals surface area contributed by atoms with Gasteiger partial charge >= 0.3 is 41.6 Å². The smallest absolute Gasteiger partial charge is 0.390 e. The molecule has 8 aliphatic rings. The van der Waals surface area contributed by atoms with Crippen LogP contribution in [-0.4, -0.2) is 354 Å². The highest BCUT2D eigenvalue weighted by molar-refractivity contribution is 7.81. The van der Waals surface area contributed by atoms with Gasteiger partial charge in [-0.25, -0.2) is 16.7 Å². The Hall–Kier alpha value is -1.68. The molecule has 0 aromatic heterocycles. The second-order valence-corrected chi connectivity index (χ2v) is 27.2. The van der Waals surface area contributed by atoms with Gasteiger partial charge in [-0.05, 0) is 0 Å². The lowest BCUT2D eigenvalue weighted by Crippen LogP contribution is -2.66. The molecule has 0 aromatic carbocycles. The Morgan fingerprint density at radius 1 is 0.340 bits per heavy atom. The molecule has 49 heteroatoms. The molecule has 8 aliphatic heterocycles. The molecule has 94 heavy (non-hydrogen) atoms. The first-order valence-corrected chi connectivity index (χ1v) is 34.1. The molecule has 8 unspecified atom stereocenters. The minimum Gasteiger partial charge on any atom is -0.390 e. The molecule has 0 spiro atoms. The van der Waals surface area contributed by atoms with Crippen LogP contribution in [0.5, 0.6) is 0 Å². The summed E-state index contributed by atoms with van der Waals surface area (Å²) in [5, 5.41) is 99.0. The van der Waals surface area contributed by atoms with Crippen molar-refractivity contribution in [3.05, 3.63) is 0 Å². The molecule has 0 bridgehead atoms. The van der Waals surface area contributed by atoms with Crippen molar-refractivity contribution >= 4 is 41.6 Å². The SMILES string of the molecule is CO[C@H]1OC(COS(=O)(=O)O)[C@@H](O[C@H]2C[C@H](O)[C@H](O[C@H]3OC(COS(=O)(=O)O)[C@H](O[C@H]4C[C@H](O)[C@H](O[C@H]5OC(COS(=O)(=O)O)[C@@H](O[C@H]6C[C@H](O)[C@H](O[C@@H]7OC(COS(=O)(=O)O)[C@H](O[C@H]8C[C@H](O)[C@H](O)CO8)[C@H](O)C7N)CO6)[C@H](O)C5N)CO4)[C@H](O)C3N)CO2)[C@H](O)C1N. The van der Waals surface area contributed by atoms with Crippen molar-refractivity contribution in [3.63, 3.8) is 0 Å². The molecule has 0 amide bonds. The average Bonchev–Trinajstić information content (AvgIpc) is 0.808. The number of hydrogen-bond acceptors (Lipinski definition) is 41. The van der Waals surface area contributed by atoms with Gasteiger partial charge in [0.25, 0.3) is 0 Å². The molecule has 550 valence electrons. The fourth-order valence-electron chi connectivity index (χ4n) is 11.1. The predicted molar refractivity (Wildman–Crippen MR) is 289 cm³/mol. The van der Waals surface area contributed by atoms with E-state index in [0.29, 0.717) is 0 Å². The van der Waals surface area contributed by atoms with Crippen molar-refractivity contribution in [2.45, 2.75) is 222 Å². The van der Waals surface area contributed by atoms with Gasteiger partial charge in [0.2, 0.25) is 0 Å². The van der Waals surface area contributed by atoms with Gasteiger partial charge < -0.3 is 145 Å². The minimum atomic E-state index is -5.22. The zero-order chi connectivity index (χ0) is 69.1.